The minimum atomic E-state index is -0.391. The Bertz CT molecular complexity index is 1020. The van der Waals surface area contributed by atoms with Crippen LogP contribution in [-0.2, 0) is 0 Å². The fraction of sp³-hybridized carbons (Fsp3) is 0. The van der Waals surface area contributed by atoms with Crippen molar-refractivity contribution in [3.05, 3.63) is 70.9 Å². The Morgan fingerprint density at radius 3 is 2.64 bits per heavy atom. The maximum absolute atomic E-state index is 11.2. The van der Waals surface area contributed by atoms with Gasteiger partial charge in [0.1, 0.15) is 5.69 Å². The molecular weight excluding hydrogens is 296 g/mol. The number of nitrogens with zero attached hydrogens (tertiary/aromatic N) is 2. The minimum Gasteiger partial charge on any atom is -0.258 e. The van der Waals surface area contributed by atoms with Crippen LogP contribution in [0.25, 0.3) is 31.4 Å². The topological polar surface area (TPSA) is 56.0 Å². The second-order valence-corrected chi connectivity index (χ2v) is 6.02. The Balaban J connectivity index is 2.00. The highest BCUT2D eigenvalue weighted by Crippen LogP contribution is 2.37. The molecule has 22 heavy (non-hydrogen) atoms. The number of benzene rings is 2. The summed E-state index contributed by atoms with van der Waals surface area (Å²) in [6.07, 6.45) is 1.58. The van der Waals surface area contributed by atoms with Crippen molar-refractivity contribution in [3.63, 3.8) is 0 Å². The molecule has 0 aliphatic rings. The molecule has 4 nitrogen and oxygen atoms in total. The van der Waals surface area contributed by atoms with Crippen molar-refractivity contribution in [2.75, 3.05) is 0 Å². The molecule has 0 N–H and O–H groups in total. The van der Waals surface area contributed by atoms with Crippen molar-refractivity contribution >= 4 is 37.2 Å². The van der Waals surface area contributed by atoms with Crippen LogP contribution in [0.3, 0.4) is 0 Å². The van der Waals surface area contributed by atoms with E-state index in [0.717, 1.165) is 10.9 Å². The molecule has 4 rings (SSSR count). The molecule has 0 radical (unpaired) electrons. The zero-order valence-electron chi connectivity index (χ0n) is 11.4. The van der Waals surface area contributed by atoms with Crippen molar-refractivity contribution in [1.82, 2.24) is 4.98 Å². The van der Waals surface area contributed by atoms with Crippen LogP contribution in [-0.4, -0.2) is 9.91 Å². The lowest BCUT2D eigenvalue weighted by Crippen LogP contribution is -1.93. The maximum Gasteiger partial charge on any atom is 0.295 e. The molecule has 0 saturated carbocycles. The monoisotopic (exact) mass is 306 g/mol. The number of fused-ring (bicyclic) bond motifs is 3. The van der Waals surface area contributed by atoms with Gasteiger partial charge in [-0.1, -0.05) is 24.3 Å². The Hall–Kier alpha value is -2.79. The highest BCUT2D eigenvalue weighted by atomic mass is 32.1. The van der Waals surface area contributed by atoms with E-state index in [9.17, 15) is 10.1 Å². The molecule has 106 valence electrons. The molecule has 2 aromatic heterocycles. The van der Waals surface area contributed by atoms with Gasteiger partial charge in [0.05, 0.1) is 4.92 Å². The van der Waals surface area contributed by atoms with Crippen LogP contribution in [0.15, 0.2) is 60.8 Å². The first kappa shape index (κ1) is 12.9. The zero-order chi connectivity index (χ0) is 15.1. The maximum atomic E-state index is 11.2. The second kappa shape index (κ2) is 4.89. The van der Waals surface area contributed by atoms with Crippen LogP contribution < -0.4 is 0 Å². The van der Waals surface area contributed by atoms with Crippen LogP contribution in [0.2, 0.25) is 0 Å². The molecule has 0 unspecified atom stereocenters. The van der Waals surface area contributed by atoms with Gasteiger partial charge in [-0.15, -0.1) is 11.3 Å². The fourth-order valence-corrected chi connectivity index (χ4v) is 3.73. The molecule has 0 aliphatic carbocycles. The van der Waals surface area contributed by atoms with E-state index in [4.69, 9.17) is 0 Å². The van der Waals surface area contributed by atoms with Crippen LogP contribution in [0.5, 0.6) is 0 Å². The van der Waals surface area contributed by atoms with Gasteiger partial charge in [-0.3, -0.25) is 10.1 Å². The lowest BCUT2D eigenvalue weighted by atomic mass is 10.1. The van der Waals surface area contributed by atoms with Gasteiger partial charge in [-0.05, 0) is 24.3 Å². The summed E-state index contributed by atoms with van der Waals surface area (Å²) in [5.41, 5.74) is 1.20. The lowest BCUT2D eigenvalue weighted by molar-refractivity contribution is -0.384. The minimum absolute atomic E-state index is 0.0291. The molecule has 2 aromatic carbocycles. The van der Waals surface area contributed by atoms with Crippen molar-refractivity contribution < 1.29 is 4.92 Å². The van der Waals surface area contributed by atoms with Crippen LogP contribution in [0.4, 0.5) is 5.69 Å². The number of rotatable bonds is 2. The van der Waals surface area contributed by atoms with Crippen LogP contribution >= 0.6 is 11.3 Å². The third kappa shape index (κ3) is 1.95. The summed E-state index contributed by atoms with van der Waals surface area (Å²) in [5, 5.41) is 13.5. The molecule has 4 aromatic rings. The Morgan fingerprint density at radius 1 is 0.955 bits per heavy atom. The van der Waals surface area contributed by atoms with Gasteiger partial charge < -0.3 is 0 Å². The van der Waals surface area contributed by atoms with Gasteiger partial charge in [-0.2, -0.15) is 0 Å². The first-order valence-electron chi connectivity index (χ1n) is 6.75. The van der Waals surface area contributed by atoms with Gasteiger partial charge >= 0.3 is 0 Å². The second-order valence-electron chi connectivity index (χ2n) is 4.94. The molecular formula is C17H10N2O2S. The van der Waals surface area contributed by atoms with Gasteiger partial charge in [0.2, 0.25) is 0 Å². The standard InChI is InChI=1S/C17H10N2O2S/c20-19(21)14-5-3-9-18-17(14)11-7-8-16-13(10-11)12-4-1-2-6-15(12)22-16/h1-10H. The van der Waals surface area contributed by atoms with E-state index >= 15 is 0 Å². The Labute approximate surface area is 129 Å². The SMILES string of the molecule is O=[N+]([O-])c1cccnc1-c1ccc2sc3ccccc3c2c1. The smallest absolute Gasteiger partial charge is 0.258 e. The summed E-state index contributed by atoms with van der Waals surface area (Å²) >= 11 is 1.72. The average Bonchev–Trinajstić information content (AvgIpc) is 2.92. The summed E-state index contributed by atoms with van der Waals surface area (Å²) in [6.45, 7) is 0. The largest absolute Gasteiger partial charge is 0.295 e. The summed E-state index contributed by atoms with van der Waals surface area (Å²) in [7, 11) is 0. The molecule has 0 bridgehead atoms. The van der Waals surface area contributed by atoms with Crippen molar-refractivity contribution in [2.45, 2.75) is 0 Å². The van der Waals surface area contributed by atoms with E-state index in [1.807, 2.05) is 30.3 Å². The van der Waals surface area contributed by atoms with E-state index in [-0.39, 0.29) is 5.69 Å². The predicted octanol–water partition coefficient (Wildman–Crippen LogP) is 5.02. The molecule has 0 atom stereocenters. The molecule has 0 saturated heterocycles. The summed E-state index contributed by atoms with van der Waals surface area (Å²) < 4.78 is 2.38. The third-order valence-corrected chi connectivity index (χ3v) is 4.79. The quantitative estimate of drug-likeness (QED) is 0.386. The Morgan fingerprint density at radius 2 is 1.77 bits per heavy atom. The number of pyridine rings is 1. The summed E-state index contributed by atoms with van der Waals surface area (Å²) in [5.74, 6) is 0. The van der Waals surface area contributed by atoms with Gasteiger partial charge in [0.25, 0.3) is 5.69 Å². The van der Waals surface area contributed by atoms with E-state index in [0.29, 0.717) is 5.69 Å². The average molecular weight is 306 g/mol. The highest BCUT2D eigenvalue weighted by molar-refractivity contribution is 7.25. The normalized spacial score (nSPS) is 11.1. The van der Waals surface area contributed by atoms with E-state index in [1.54, 1.807) is 23.6 Å². The van der Waals surface area contributed by atoms with Gasteiger partial charge in [-0.25, -0.2) is 4.98 Å². The molecule has 0 fully saturated rings. The van der Waals surface area contributed by atoms with Crippen LogP contribution in [0.1, 0.15) is 0 Å². The predicted molar refractivity (Wildman–Crippen MR) is 89.2 cm³/mol. The van der Waals surface area contributed by atoms with Crippen molar-refractivity contribution in [3.8, 4) is 11.3 Å². The summed E-state index contributed by atoms with van der Waals surface area (Å²) in [4.78, 5) is 15.0. The molecule has 0 amide bonds. The number of hydrogen-bond acceptors (Lipinski definition) is 4. The fourth-order valence-electron chi connectivity index (χ4n) is 2.64. The number of nitro groups is 1. The third-order valence-electron chi connectivity index (χ3n) is 3.63. The number of hydrogen-bond donors (Lipinski definition) is 0. The van der Waals surface area contributed by atoms with Crippen molar-refractivity contribution in [1.29, 1.82) is 0 Å². The lowest BCUT2D eigenvalue weighted by Gasteiger charge is -2.02. The molecule has 2 heterocycles. The summed E-state index contributed by atoms with van der Waals surface area (Å²) in [6, 6.07) is 17.1. The van der Waals surface area contributed by atoms with E-state index in [1.165, 1.54) is 20.9 Å². The van der Waals surface area contributed by atoms with Crippen molar-refractivity contribution in [2.24, 2.45) is 0 Å². The van der Waals surface area contributed by atoms with E-state index < -0.39 is 4.92 Å². The van der Waals surface area contributed by atoms with Crippen LogP contribution in [0, 0.1) is 10.1 Å². The Kier molecular flexibility index (Phi) is 2.87. The molecule has 0 aliphatic heterocycles. The van der Waals surface area contributed by atoms with E-state index in [2.05, 4.69) is 17.1 Å². The highest BCUT2D eigenvalue weighted by Gasteiger charge is 2.16. The number of aromatic nitrogens is 1. The molecule has 0 spiro atoms. The number of thiophene rings is 1. The first-order valence-corrected chi connectivity index (χ1v) is 7.57. The van der Waals surface area contributed by atoms with Gasteiger partial charge in [0.15, 0.2) is 0 Å². The molecule has 5 heteroatoms. The first-order chi connectivity index (χ1) is 10.7. The zero-order valence-corrected chi connectivity index (χ0v) is 12.2. The van der Waals surface area contributed by atoms with Gasteiger partial charge in [0, 0.05) is 38.0 Å².